The molecule has 0 atom stereocenters. The predicted octanol–water partition coefficient (Wildman–Crippen LogP) is 1.77. The van der Waals surface area contributed by atoms with Gasteiger partial charge in [-0.2, -0.15) is 14.6 Å². The van der Waals surface area contributed by atoms with Crippen LogP contribution in [0.25, 0.3) is 34.0 Å². The van der Waals surface area contributed by atoms with Gasteiger partial charge in [0.15, 0.2) is 17.0 Å². The highest BCUT2D eigenvalue weighted by molar-refractivity contribution is 5.82. The van der Waals surface area contributed by atoms with Gasteiger partial charge in [0.05, 0.1) is 19.2 Å². The molecule has 30 heavy (non-hydrogen) atoms. The van der Waals surface area contributed by atoms with Crippen molar-refractivity contribution >= 4 is 22.9 Å². The quantitative estimate of drug-likeness (QED) is 0.417. The Bertz CT molecular complexity index is 1400. The maximum absolute atomic E-state index is 13.9. The van der Waals surface area contributed by atoms with Crippen molar-refractivity contribution in [1.29, 1.82) is 0 Å². The van der Waals surface area contributed by atoms with Gasteiger partial charge >= 0.3 is 5.97 Å². The molecule has 0 unspecified atom stereocenters. The van der Waals surface area contributed by atoms with E-state index in [0.29, 0.717) is 28.4 Å². The Morgan fingerprint density at radius 1 is 1.13 bits per heavy atom. The van der Waals surface area contributed by atoms with E-state index in [4.69, 9.17) is 4.74 Å². The highest BCUT2D eigenvalue weighted by Crippen LogP contribution is 2.23. The van der Waals surface area contributed by atoms with Crippen molar-refractivity contribution in [2.24, 2.45) is 0 Å². The summed E-state index contributed by atoms with van der Waals surface area (Å²) in [5.41, 5.74) is 2.25. The molecule has 0 saturated carbocycles. The largest absolute Gasteiger partial charge is 0.469 e. The van der Waals surface area contributed by atoms with Gasteiger partial charge in [-0.05, 0) is 30.3 Å². The number of ether oxygens (including phenoxy) is 1. The molecule has 1 aromatic carbocycles. The van der Waals surface area contributed by atoms with Crippen LogP contribution in [0.2, 0.25) is 0 Å². The zero-order valence-corrected chi connectivity index (χ0v) is 15.6. The average Bonchev–Trinajstić information content (AvgIpc) is 3.36. The minimum absolute atomic E-state index is 0.124. The van der Waals surface area contributed by atoms with E-state index in [1.807, 2.05) is 0 Å². The molecule has 5 aromatic rings. The molecule has 4 aromatic heterocycles. The molecular weight excluding hydrogens is 391 g/mol. The molecule has 11 heteroatoms. The van der Waals surface area contributed by atoms with Gasteiger partial charge in [0.2, 0.25) is 0 Å². The van der Waals surface area contributed by atoms with Crippen LogP contribution in [0.3, 0.4) is 0 Å². The van der Waals surface area contributed by atoms with Gasteiger partial charge < -0.3 is 4.74 Å². The summed E-state index contributed by atoms with van der Waals surface area (Å²) in [4.78, 5) is 20.3. The molecule has 0 fully saturated rings. The van der Waals surface area contributed by atoms with Crippen LogP contribution in [0.5, 0.6) is 0 Å². The van der Waals surface area contributed by atoms with E-state index in [1.165, 1.54) is 28.4 Å². The van der Waals surface area contributed by atoms with E-state index in [-0.39, 0.29) is 12.2 Å². The number of rotatable bonds is 4. The molecule has 0 spiro atoms. The number of aromatic nitrogens is 8. The third kappa shape index (κ3) is 2.92. The van der Waals surface area contributed by atoms with Gasteiger partial charge in [0.25, 0.3) is 5.78 Å². The van der Waals surface area contributed by atoms with E-state index in [9.17, 15) is 9.18 Å². The van der Waals surface area contributed by atoms with Crippen molar-refractivity contribution in [3.8, 4) is 17.1 Å². The van der Waals surface area contributed by atoms with Gasteiger partial charge in [-0.25, -0.2) is 9.07 Å². The number of methoxy groups -OCH3 is 1. The number of esters is 1. The number of nitrogens with zero attached hydrogens (tertiary/aromatic N) is 8. The monoisotopic (exact) mass is 404 g/mol. The first-order valence-electron chi connectivity index (χ1n) is 8.88. The lowest BCUT2D eigenvalue weighted by molar-refractivity contribution is -0.139. The summed E-state index contributed by atoms with van der Waals surface area (Å²) in [7, 11) is 1.29. The molecule has 148 valence electrons. The number of fused-ring (bicyclic) bond motifs is 3. The average molecular weight is 404 g/mol. The Kier molecular flexibility index (Phi) is 4.12. The van der Waals surface area contributed by atoms with Crippen molar-refractivity contribution in [3.05, 3.63) is 60.3 Å². The maximum Gasteiger partial charge on any atom is 0.311 e. The Labute approximate surface area is 168 Å². The minimum Gasteiger partial charge on any atom is -0.469 e. The van der Waals surface area contributed by atoms with E-state index < -0.39 is 11.8 Å². The number of carbonyl (C=O) groups is 1. The molecule has 0 N–H and O–H groups in total. The Morgan fingerprint density at radius 3 is 2.73 bits per heavy atom. The molecule has 0 amide bonds. The molecule has 0 bridgehead atoms. The number of carbonyl (C=O) groups excluding carboxylic acids is 1. The fourth-order valence-corrected chi connectivity index (χ4v) is 3.08. The van der Waals surface area contributed by atoms with E-state index in [0.717, 1.165) is 5.56 Å². The molecule has 10 nitrogen and oxygen atoms in total. The van der Waals surface area contributed by atoms with Crippen molar-refractivity contribution < 1.29 is 13.9 Å². The summed E-state index contributed by atoms with van der Waals surface area (Å²) in [6, 6.07) is 9.44. The van der Waals surface area contributed by atoms with Crippen LogP contribution in [0.4, 0.5) is 4.39 Å². The molecule has 0 aliphatic rings. The first-order valence-corrected chi connectivity index (χ1v) is 8.88. The fraction of sp³-hybridized carbons (Fsp3) is 0.105. The first-order chi connectivity index (χ1) is 14.6. The van der Waals surface area contributed by atoms with Crippen LogP contribution in [0.1, 0.15) is 5.69 Å². The topological polar surface area (TPSA) is 113 Å². The van der Waals surface area contributed by atoms with Crippen molar-refractivity contribution in [1.82, 2.24) is 39.6 Å². The summed E-state index contributed by atoms with van der Waals surface area (Å²) in [6.07, 6.45) is 3.14. The highest BCUT2D eigenvalue weighted by atomic mass is 19.1. The number of hydrogen-bond acceptors (Lipinski definition) is 8. The van der Waals surface area contributed by atoms with E-state index >= 15 is 0 Å². The fourth-order valence-electron chi connectivity index (χ4n) is 3.08. The standard InChI is InChI=1S/C19H13FN8O2/c1-30-15(29)10-14-16-18(27(25-14)13-4-2-3-12(20)9-13)28-19(24-23-16)22-17(26-28)11-5-7-21-8-6-11/h2-9H,10H2,1H3. The van der Waals surface area contributed by atoms with Crippen molar-refractivity contribution in [3.63, 3.8) is 0 Å². The minimum atomic E-state index is -0.487. The lowest BCUT2D eigenvalue weighted by Crippen LogP contribution is -2.06. The SMILES string of the molecule is COC(=O)Cc1nn(-c2cccc(F)c2)c2c1nnc1nc(-c3ccncc3)nn12. The smallest absolute Gasteiger partial charge is 0.311 e. The lowest BCUT2D eigenvalue weighted by atomic mass is 10.3. The van der Waals surface area contributed by atoms with Gasteiger partial charge in [0.1, 0.15) is 11.5 Å². The Morgan fingerprint density at radius 2 is 1.97 bits per heavy atom. The van der Waals surface area contributed by atoms with E-state index in [1.54, 1.807) is 36.7 Å². The number of pyridine rings is 1. The Balaban J connectivity index is 1.80. The molecular formula is C19H13FN8O2. The third-order valence-corrected chi connectivity index (χ3v) is 4.47. The number of halogens is 1. The second-order valence-corrected chi connectivity index (χ2v) is 6.35. The number of hydrogen-bond donors (Lipinski definition) is 0. The van der Waals surface area contributed by atoms with Crippen LogP contribution >= 0.6 is 0 Å². The summed E-state index contributed by atoms with van der Waals surface area (Å²) in [5, 5.41) is 17.3. The highest BCUT2D eigenvalue weighted by Gasteiger charge is 2.22. The molecule has 0 aliphatic heterocycles. The molecule has 5 rings (SSSR count). The molecule has 4 heterocycles. The zero-order valence-electron chi connectivity index (χ0n) is 15.6. The summed E-state index contributed by atoms with van der Waals surface area (Å²) in [6.45, 7) is 0. The first kappa shape index (κ1) is 17.8. The second kappa shape index (κ2) is 6.95. The lowest BCUT2D eigenvalue weighted by Gasteiger charge is -2.03. The van der Waals surface area contributed by atoms with Crippen LogP contribution in [0, 0.1) is 5.82 Å². The van der Waals surface area contributed by atoms with E-state index in [2.05, 4.69) is 30.4 Å². The maximum atomic E-state index is 13.9. The van der Waals surface area contributed by atoms with Crippen LogP contribution in [-0.4, -0.2) is 52.6 Å². The van der Waals surface area contributed by atoms with Crippen LogP contribution < -0.4 is 0 Å². The predicted molar refractivity (Wildman–Crippen MR) is 102 cm³/mol. The van der Waals surface area contributed by atoms with Gasteiger partial charge in [-0.3, -0.25) is 9.78 Å². The van der Waals surface area contributed by atoms with Gasteiger partial charge in [-0.15, -0.1) is 15.3 Å². The molecule has 0 radical (unpaired) electrons. The third-order valence-electron chi connectivity index (χ3n) is 4.47. The van der Waals surface area contributed by atoms with Crippen LogP contribution in [-0.2, 0) is 16.0 Å². The van der Waals surface area contributed by atoms with Gasteiger partial charge in [0, 0.05) is 18.0 Å². The second-order valence-electron chi connectivity index (χ2n) is 6.35. The summed E-state index contributed by atoms with van der Waals surface area (Å²) in [5.74, 6) is -0.268. The van der Waals surface area contributed by atoms with Crippen LogP contribution in [0.15, 0.2) is 48.8 Å². The van der Waals surface area contributed by atoms with Crippen molar-refractivity contribution in [2.75, 3.05) is 7.11 Å². The zero-order chi connectivity index (χ0) is 20.7. The summed E-state index contributed by atoms with van der Waals surface area (Å²) >= 11 is 0. The molecule has 0 saturated heterocycles. The molecule has 0 aliphatic carbocycles. The van der Waals surface area contributed by atoms with Crippen molar-refractivity contribution in [2.45, 2.75) is 6.42 Å². The summed E-state index contributed by atoms with van der Waals surface area (Å²) < 4.78 is 21.6. The Hall–Kier alpha value is -4.28. The normalized spacial score (nSPS) is 11.3. The van der Waals surface area contributed by atoms with Gasteiger partial charge in [-0.1, -0.05) is 6.07 Å². The number of benzene rings is 1.